The van der Waals surface area contributed by atoms with Gasteiger partial charge in [0.2, 0.25) is 5.91 Å². The fraction of sp³-hybridized carbons (Fsp3) is 0.467. The van der Waals surface area contributed by atoms with E-state index in [2.05, 4.69) is 10.6 Å². The molecule has 130 valence electrons. The van der Waals surface area contributed by atoms with Gasteiger partial charge in [-0.2, -0.15) is 0 Å². The standard InChI is InChI=1S/C15H22N4O2.2ClH/c1-15(2,16)9-17-14(21)10-4-5-12-11(8-10)18-13(20)6-7-19(12)3;;/h4-5,8H,6-7,9,16H2,1-3H3,(H,17,21)(H,18,20);2*1H. The molecule has 0 saturated carbocycles. The number of carbonyl (C=O) groups excluding carboxylic acids is 2. The van der Waals surface area contributed by atoms with E-state index < -0.39 is 5.54 Å². The van der Waals surface area contributed by atoms with E-state index in [1.807, 2.05) is 31.9 Å². The first-order chi connectivity index (χ1) is 9.76. The second kappa shape index (κ2) is 8.38. The van der Waals surface area contributed by atoms with Crippen LogP contribution in [0, 0.1) is 0 Å². The average Bonchev–Trinajstić information content (AvgIpc) is 2.54. The molecule has 8 heteroatoms. The molecule has 2 rings (SSSR count). The summed E-state index contributed by atoms with van der Waals surface area (Å²) in [7, 11) is 1.93. The molecule has 0 aliphatic carbocycles. The van der Waals surface area contributed by atoms with Crippen LogP contribution in [0.3, 0.4) is 0 Å². The molecule has 0 unspecified atom stereocenters. The number of nitrogens with one attached hydrogen (secondary N) is 2. The number of nitrogens with zero attached hydrogens (tertiary/aromatic N) is 1. The molecule has 0 saturated heterocycles. The van der Waals surface area contributed by atoms with Crippen LogP contribution in [0.1, 0.15) is 30.6 Å². The zero-order valence-corrected chi connectivity index (χ0v) is 15.1. The van der Waals surface area contributed by atoms with Gasteiger partial charge in [0.1, 0.15) is 0 Å². The van der Waals surface area contributed by atoms with Gasteiger partial charge in [-0.25, -0.2) is 0 Å². The first kappa shape index (κ1) is 21.5. The molecule has 0 atom stereocenters. The van der Waals surface area contributed by atoms with Gasteiger partial charge in [-0.1, -0.05) is 0 Å². The quantitative estimate of drug-likeness (QED) is 0.764. The second-order valence-electron chi connectivity index (χ2n) is 6.12. The highest BCUT2D eigenvalue weighted by Gasteiger charge is 2.19. The van der Waals surface area contributed by atoms with Crippen LogP contribution < -0.4 is 21.3 Å². The van der Waals surface area contributed by atoms with Crippen molar-refractivity contribution in [3.63, 3.8) is 0 Å². The number of hydrogen-bond acceptors (Lipinski definition) is 4. The molecule has 1 aromatic carbocycles. The summed E-state index contributed by atoms with van der Waals surface area (Å²) in [4.78, 5) is 25.8. The van der Waals surface area contributed by atoms with Crippen LogP contribution in [0.15, 0.2) is 18.2 Å². The minimum absolute atomic E-state index is 0. The number of benzene rings is 1. The van der Waals surface area contributed by atoms with E-state index >= 15 is 0 Å². The molecule has 4 N–H and O–H groups in total. The maximum Gasteiger partial charge on any atom is 0.251 e. The predicted octanol–water partition coefficient (Wildman–Crippen LogP) is 1.78. The van der Waals surface area contributed by atoms with Crippen molar-refractivity contribution < 1.29 is 9.59 Å². The summed E-state index contributed by atoms with van der Waals surface area (Å²) in [5.41, 5.74) is 7.48. The van der Waals surface area contributed by atoms with Crippen LogP contribution in [-0.4, -0.2) is 37.5 Å². The van der Waals surface area contributed by atoms with Crippen LogP contribution in [0.4, 0.5) is 11.4 Å². The Morgan fingerprint density at radius 1 is 1.39 bits per heavy atom. The molecule has 0 bridgehead atoms. The third kappa shape index (κ3) is 5.89. The number of hydrogen-bond donors (Lipinski definition) is 3. The number of nitrogens with two attached hydrogens (primary N) is 1. The van der Waals surface area contributed by atoms with Crippen molar-refractivity contribution in [2.45, 2.75) is 25.8 Å². The highest BCUT2D eigenvalue weighted by atomic mass is 35.5. The topological polar surface area (TPSA) is 87.5 Å². The van der Waals surface area contributed by atoms with E-state index in [0.29, 0.717) is 30.8 Å². The lowest BCUT2D eigenvalue weighted by Crippen LogP contribution is -2.45. The minimum atomic E-state index is -0.463. The maximum absolute atomic E-state index is 12.1. The number of amides is 2. The van der Waals surface area contributed by atoms with Gasteiger partial charge in [-0.05, 0) is 32.0 Å². The van der Waals surface area contributed by atoms with Gasteiger partial charge >= 0.3 is 0 Å². The fourth-order valence-electron chi connectivity index (χ4n) is 2.12. The van der Waals surface area contributed by atoms with Gasteiger partial charge in [0, 0.05) is 37.7 Å². The monoisotopic (exact) mass is 362 g/mol. The van der Waals surface area contributed by atoms with Crippen molar-refractivity contribution in [1.29, 1.82) is 0 Å². The molecular formula is C15H24Cl2N4O2. The molecule has 1 aliphatic rings. The first-order valence-electron chi connectivity index (χ1n) is 6.98. The van der Waals surface area contributed by atoms with E-state index in [0.717, 1.165) is 5.69 Å². The number of rotatable bonds is 3. The summed E-state index contributed by atoms with van der Waals surface area (Å²) in [5, 5.41) is 5.63. The summed E-state index contributed by atoms with van der Waals surface area (Å²) >= 11 is 0. The van der Waals surface area contributed by atoms with Crippen molar-refractivity contribution in [3.05, 3.63) is 23.8 Å². The Hall–Kier alpha value is -1.50. The van der Waals surface area contributed by atoms with Crippen LogP contribution in [-0.2, 0) is 4.79 Å². The van der Waals surface area contributed by atoms with Crippen LogP contribution >= 0.6 is 24.8 Å². The van der Waals surface area contributed by atoms with Crippen LogP contribution in [0.25, 0.3) is 0 Å². The molecule has 0 radical (unpaired) electrons. The van der Waals surface area contributed by atoms with Gasteiger partial charge in [-0.3, -0.25) is 9.59 Å². The number of anilines is 2. The fourth-order valence-corrected chi connectivity index (χ4v) is 2.12. The molecule has 2 amide bonds. The molecule has 0 spiro atoms. The number of fused-ring (bicyclic) bond motifs is 1. The molecule has 6 nitrogen and oxygen atoms in total. The Labute approximate surface area is 149 Å². The third-order valence-corrected chi connectivity index (χ3v) is 3.32. The minimum Gasteiger partial charge on any atom is -0.372 e. The zero-order chi connectivity index (χ0) is 15.6. The van der Waals surface area contributed by atoms with Crippen molar-refractivity contribution in [2.75, 3.05) is 30.4 Å². The van der Waals surface area contributed by atoms with E-state index in [1.165, 1.54) is 0 Å². The lowest BCUT2D eigenvalue weighted by molar-refractivity contribution is -0.115. The highest BCUT2D eigenvalue weighted by molar-refractivity contribution is 6.00. The molecule has 1 aliphatic heterocycles. The van der Waals surface area contributed by atoms with E-state index in [-0.39, 0.29) is 36.6 Å². The SMILES string of the molecule is CN1CCC(=O)Nc2cc(C(=O)NCC(C)(C)N)ccc21.Cl.Cl. The van der Waals surface area contributed by atoms with Gasteiger partial charge in [0.15, 0.2) is 0 Å². The molecule has 1 heterocycles. The van der Waals surface area contributed by atoms with Crippen molar-refractivity contribution in [2.24, 2.45) is 5.73 Å². The largest absolute Gasteiger partial charge is 0.372 e. The Morgan fingerprint density at radius 3 is 2.65 bits per heavy atom. The molecular weight excluding hydrogens is 339 g/mol. The molecule has 0 aromatic heterocycles. The van der Waals surface area contributed by atoms with E-state index in [4.69, 9.17) is 5.73 Å². The van der Waals surface area contributed by atoms with Gasteiger partial charge in [0.05, 0.1) is 11.4 Å². The average molecular weight is 363 g/mol. The summed E-state index contributed by atoms with van der Waals surface area (Å²) < 4.78 is 0. The van der Waals surface area contributed by atoms with E-state index in [9.17, 15) is 9.59 Å². The molecule has 1 aromatic rings. The second-order valence-corrected chi connectivity index (χ2v) is 6.12. The Kier molecular flexibility index (Phi) is 7.83. The Morgan fingerprint density at radius 2 is 2.04 bits per heavy atom. The van der Waals surface area contributed by atoms with Crippen LogP contribution in [0.2, 0.25) is 0 Å². The van der Waals surface area contributed by atoms with Crippen LogP contribution in [0.5, 0.6) is 0 Å². The van der Waals surface area contributed by atoms with Crippen molar-refractivity contribution in [3.8, 4) is 0 Å². The predicted molar refractivity (Wildman–Crippen MR) is 98.1 cm³/mol. The number of halogens is 2. The summed E-state index contributed by atoms with van der Waals surface area (Å²) in [6.07, 6.45) is 0.439. The lowest BCUT2D eigenvalue weighted by atomic mass is 10.1. The Balaban J connectivity index is 0.00000242. The van der Waals surface area contributed by atoms with Gasteiger partial charge in [-0.15, -0.1) is 24.8 Å². The summed E-state index contributed by atoms with van der Waals surface area (Å²) in [6, 6.07) is 5.31. The molecule has 23 heavy (non-hydrogen) atoms. The maximum atomic E-state index is 12.1. The van der Waals surface area contributed by atoms with Gasteiger partial charge in [0.25, 0.3) is 5.91 Å². The molecule has 0 fully saturated rings. The highest BCUT2D eigenvalue weighted by Crippen LogP contribution is 2.28. The first-order valence-corrected chi connectivity index (χ1v) is 6.98. The zero-order valence-electron chi connectivity index (χ0n) is 13.5. The summed E-state index contributed by atoms with van der Waals surface area (Å²) in [6.45, 7) is 4.74. The lowest BCUT2D eigenvalue weighted by Gasteiger charge is -2.20. The van der Waals surface area contributed by atoms with E-state index in [1.54, 1.807) is 12.1 Å². The summed E-state index contributed by atoms with van der Waals surface area (Å²) in [5.74, 6) is -0.237. The van der Waals surface area contributed by atoms with Gasteiger partial charge < -0.3 is 21.3 Å². The van der Waals surface area contributed by atoms with Crippen molar-refractivity contribution >= 4 is 48.0 Å². The Bertz CT molecular complexity index is 573. The smallest absolute Gasteiger partial charge is 0.251 e. The van der Waals surface area contributed by atoms with Crippen molar-refractivity contribution in [1.82, 2.24) is 5.32 Å². The normalized spacial score (nSPS) is 13.7. The number of carbonyl (C=O) groups is 2. The third-order valence-electron chi connectivity index (χ3n) is 3.32.